The predicted octanol–water partition coefficient (Wildman–Crippen LogP) is 2.09. The molecule has 0 unspecified atom stereocenters. The van der Waals surface area contributed by atoms with E-state index < -0.39 is 0 Å². The fourth-order valence-electron chi connectivity index (χ4n) is 1.30. The number of hydrogen-bond donors (Lipinski definition) is 0. The van der Waals surface area contributed by atoms with Crippen LogP contribution in [0.2, 0.25) is 0 Å². The molecule has 0 aliphatic rings. The first-order valence-electron chi connectivity index (χ1n) is 5.16. The van der Waals surface area contributed by atoms with E-state index in [1.807, 2.05) is 6.07 Å². The quantitative estimate of drug-likeness (QED) is 0.787. The summed E-state index contributed by atoms with van der Waals surface area (Å²) in [7, 11) is 1.60. The van der Waals surface area contributed by atoms with Crippen LogP contribution in [0.1, 0.15) is 19.2 Å². The van der Waals surface area contributed by atoms with Gasteiger partial charge in [-0.05, 0) is 18.6 Å². The zero-order valence-corrected chi connectivity index (χ0v) is 9.30. The fourth-order valence-corrected chi connectivity index (χ4v) is 1.30. The molecule has 2 rings (SSSR count). The molecule has 0 aliphatic heterocycles. The van der Waals surface area contributed by atoms with Crippen molar-refractivity contribution in [2.24, 2.45) is 0 Å². The van der Waals surface area contributed by atoms with Gasteiger partial charge in [-0.3, -0.25) is 0 Å². The number of ether oxygens (including phenoxy) is 1. The maximum atomic E-state index is 5.46. The summed E-state index contributed by atoms with van der Waals surface area (Å²) in [4.78, 5) is 4.17. The maximum absolute atomic E-state index is 5.46. The number of hydrogen-bond acceptors (Lipinski definition) is 5. The zero-order chi connectivity index (χ0) is 11.4. The lowest BCUT2D eigenvalue weighted by molar-refractivity contribution is 0.413. The summed E-state index contributed by atoms with van der Waals surface area (Å²) in [5.41, 5.74) is 0.663. The lowest BCUT2D eigenvalue weighted by Gasteiger charge is -1.98. The summed E-state index contributed by atoms with van der Waals surface area (Å²) < 4.78 is 10.5. The van der Waals surface area contributed by atoms with Gasteiger partial charge < -0.3 is 9.15 Å². The first-order valence-corrected chi connectivity index (χ1v) is 5.16. The van der Waals surface area contributed by atoms with Crippen LogP contribution in [0, 0.1) is 0 Å². The molecule has 0 N–H and O–H groups in total. The molecular formula is C11H13N3O2. The minimum atomic E-state index is 0.450. The zero-order valence-electron chi connectivity index (χ0n) is 9.30. The number of aryl methyl sites for hydroxylation is 1. The van der Waals surface area contributed by atoms with E-state index in [2.05, 4.69) is 22.1 Å². The van der Waals surface area contributed by atoms with Crippen molar-refractivity contribution < 1.29 is 9.15 Å². The van der Waals surface area contributed by atoms with Gasteiger partial charge in [-0.15, -0.1) is 10.2 Å². The minimum absolute atomic E-state index is 0.450. The van der Waals surface area contributed by atoms with Crippen LogP contribution in [-0.4, -0.2) is 22.3 Å². The fraction of sp³-hybridized carbons (Fsp3) is 0.364. The van der Waals surface area contributed by atoms with Crippen LogP contribution in [0.5, 0.6) is 5.75 Å². The van der Waals surface area contributed by atoms with E-state index in [1.54, 1.807) is 19.4 Å². The Bertz CT molecular complexity index is 451. The van der Waals surface area contributed by atoms with Gasteiger partial charge >= 0.3 is 0 Å². The Morgan fingerprint density at radius 3 is 2.81 bits per heavy atom. The van der Waals surface area contributed by atoms with E-state index in [1.165, 1.54) is 0 Å². The van der Waals surface area contributed by atoms with Crippen LogP contribution < -0.4 is 4.74 Å². The second-order valence-corrected chi connectivity index (χ2v) is 3.33. The molecule has 0 radical (unpaired) electrons. The van der Waals surface area contributed by atoms with Gasteiger partial charge in [-0.2, -0.15) is 0 Å². The third-order valence-corrected chi connectivity index (χ3v) is 2.12. The van der Waals surface area contributed by atoms with Crippen molar-refractivity contribution in [1.82, 2.24) is 15.2 Å². The SMILES string of the molecule is CCCc1nnc(-c2ccc(OC)cn2)o1. The molecule has 0 aliphatic carbocycles. The molecule has 0 atom stereocenters. The summed E-state index contributed by atoms with van der Waals surface area (Å²) in [5.74, 6) is 1.80. The molecule has 84 valence electrons. The predicted molar refractivity (Wildman–Crippen MR) is 58.1 cm³/mol. The summed E-state index contributed by atoms with van der Waals surface area (Å²) >= 11 is 0. The second kappa shape index (κ2) is 4.74. The first kappa shape index (κ1) is 10.6. The van der Waals surface area contributed by atoms with Crippen LogP contribution in [0.3, 0.4) is 0 Å². The highest BCUT2D eigenvalue weighted by atomic mass is 16.5. The van der Waals surface area contributed by atoms with E-state index in [-0.39, 0.29) is 0 Å². The van der Waals surface area contributed by atoms with E-state index >= 15 is 0 Å². The number of rotatable bonds is 4. The molecule has 0 saturated heterocycles. The Morgan fingerprint density at radius 2 is 2.19 bits per heavy atom. The molecule has 16 heavy (non-hydrogen) atoms. The topological polar surface area (TPSA) is 61.0 Å². The Hall–Kier alpha value is -1.91. The monoisotopic (exact) mass is 219 g/mol. The van der Waals surface area contributed by atoms with E-state index in [0.717, 1.165) is 12.8 Å². The van der Waals surface area contributed by atoms with Crippen LogP contribution in [0.25, 0.3) is 11.6 Å². The Balaban J connectivity index is 2.21. The summed E-state index contributed by atoms with van der Waals surface area (Å²) in [6.07, 6.45) is 3.40. The molecule has 5 heteroatoms. The van der Waals surface area contributed by atoms with Crippen LogP contribution in [0.15, 0.2) is 22.7 Å². The van der Waals surface area contributed by atoms with Crippen LogP contribution in [0.4, 0.5) is 0 Å². The largest absolute Gasteiger partial charge is 0.495 e. The Morgan fingerprint density at radius 1 is 1.31 bits per heavy atom. The van der Waals surface area contributed by atoms with Gasteiger partial charge in [0.25, 0.3) is 5.89 Å². The van der Waals surface area contributed by atoms with E-state index in [9.17, 15) is 0 Å². The number of aromatic nitrogens is 3. The molecule has 2 aromatic heterocycles. The van der Waals surface area contributed by atoms with E-state index in [0.29, 0.717) is 23.2 Å². The molecule has 0 spiro atoms. The van der Waals surface area contributed by atoms with Gasteiger partial charge in [-0.1, -0.05) is 6.92 Å². The molecule has 0 aromatic carbocycles. The standard InChI is InChI=1S/C11H13N3O2/c1-3-4-10-13-14-11(16-10)9-6-5-8(15-2)7-12-9/h5-7H,3-4H2,1-2H3. The highest BCUT2D eigenvalue weighted by Crippen LogP contribution is 2.18. The summed E-state index contributed by atoms with van der Waals surface area (Å²) in [6.45, 7) is 2.06. The number of nitrogens with zero attached hydrogens (tertiary/aromatic N) is 3. The molecule has 5 nitrogen and oxygen atoms in total. The van der Waals surface area contributed by atoms with Crippen molar-refractivity contribution in [3.63, 3.8) is 0 Å². The highest BCUT2D eigenvalue weighted by molar-refractivity contribution is 5.46. The molecule has 0 amide bonds. The Kier molecular flexibility index (Phi) is 3.14. The molecule has 2 aromatic rings. The third-order valence-electron chi connectivity index (χ3n) is 2.12. The summed E-state index contributed by atoms with van der Waals surface area (Å²) in [6, 6.07) is 3.61. The van der Waals surface area contributed by atoms with Crippen molar-refractivity contribution in [2.75, 3.05) is 7.11 Å². The molecule has 0 bridgehead atoms. The average Bonchev–Trinajstić information content (AvgIpc) is 2.78. The normalized spacial score (nSPS) is 10.4. The van der Waals surface area contributed by atoms with Gasteiger partial charge in [0.2, 0.25) is 5.89 Å². The molecule has 2 heterocycles. The van der Waals surface area contributed by atoms with Crippen LogP contribution in [-0.2, 0) is 6.42 Å². The van der Waals surface area contributed by atoms with Gasteiger partial charge in [0.1, 0.15) is 11.4 Å². The lowest BCUT2D eigenvalue weighted by Crippen LogP contribution is -1.86. The average molecular weight is 219 g/mol. The first-order chi connectivity index (χ1) is 7.83. The van der Waals surface area contributed by atoms with Crippen molar-refractivity contribution in [2.45, 2.75) is 19.8 Å². The summed E-state index contributed by atoms with van der Waals surface area (Å²) in [5, 5.41) is 7.88. The molecular weight excluding hydrogens is 206 g/mol. The Labute approximate surface area is 93.5 Å². The van der Waals surface area contributed by atoms with Gasteiger partial charge in [0.05, 0.1) is 13.3 Å². The van der Waals surface area contributed by atoms with Gasteiger partial charge in [0.15, 0.2) is 0 Å². The third kappa shape index (κ3) is 2.18. The maximum Gasteiger partial charge on any atom is 0.266 e. The molecule has 0 saturated carbocycles. The number of methoxy groups -OCH3 is 1. The number of pyridine rings is 1. The minimum Gasteiger partial charge on any atom is -0.495 e. The molecule has 0 fully saturated rings. The van der Waals surface area contributed by atoms with Crippen molar-refractivity contribution in [3.8, 4) is 17.3 Å². The van der Waals surface area contributed by atoms with Crippen molar-refractivity contribution in [3.05, 3.63) is 24.2 Å². The van der Waals surface area contributed by atoms with E-state index in [4.69, 9.17) is 9.15 Å². The smallest absolute Gasteiger partial charge is 0.266 e. The van der Waals surface area contributed by atoms with Crippen molar-refractivity contribution >= 4 is 0 Å². The highest BCUT2D eigenvalue weighted by Gasteiger charge is 2.08. The van der Waals surface area contributed by atoms with Gasteiger partial charge in [0, 0.05) is 6.42 Å². The second-order valence-electron chi connectivity index (χ2n) is 3.33. The van der Waals surface area contributed by atoms with Crippen molar-refractivity contribution in [1.29, 1.82) is 0 Å². The van der Waals surface area contributed by atoms with Gasteiger partial charge in [-0.25, -0.2) is 4.98 Å². The van der Waals surface area contributed by atoms with Crippen LogP contribution >= 0.6 is 0 Å². The lowest BCUT2D eigenvalue weighted by atomic mass is 10.3.